The molecule has 0 bridgehead atoms. The Kier molecular flexibility index (Phi) is 3.84. The second-order valence-corrected chi connectivity index (χ2v) is 6.01. The van der Waals surface area contributed by atoms with Crippen LogP contribution in [0.2, 0.25) is 0 Å². The lowest BCUT2D eigenvalue weighted by Crippen LogP contribution is -2.22. The molecule has 1 aromatic carbocycles. The Morgan fingerprint density at radius 2 is 2.05 bits per heavy atom. The summed E-state index contributed by atoms with van der Waals surface area (Å²) in [4.78, 5) is 16.4. The summed E-state index contributed by atoms with van der Waals surface area (Å²) in [5.74, 6) is 0.784. The molecule has 0 aliphatic heterocycles. The van der Waals surface area contributed by atoms with Crippen molar-refractivity contribution in [2.45, 2.75) is 6.54 Å². The van der Waals surface area contributed by atoms with E-state index in [-0.39, 0.29) is 5.56 Å². The number of thiophene rings is 1. The molecular formula is C14H11BrN2O2S. The first-order valence-corrected chi connectivity index (χ1v) is 7.72. The zero-order valence-corrected chi connectivity index (χ0v) is 12.9. The second-order valence-electron chi connectivity index (χ2n) is 4.18. The van der Waals surface area contributed by atoms with Gasteiger partial charge in [-0.2, -0.15) is 0 Å². The van der Waals surface area contributed by atoms with Gasteiger partial charge in [0.1, 0.15) is 17.1 Å². The zero-order valence-electron chi connectivity index (χ0n) is 10.5. The summed E-state index contributed by atoms with van der Waals surface area (Å²) in [5.41, 5.74) is 0.745. The van der Waals surface area contributed by atoms with Crippen LogP contribution < -0.4 is 10.3 Å². The highest BCUT2D eigenvalue weighted by molar-refractivity contribution is 9.10. The normalized spacial score (nSPS) is 10.8. The van der Waals surface area contributed by atoms with Crippen molar-refractivity contribution >= 4 is 37.5 Å². The highest BCUT2D eigenvalue weighted by atomic mass is 79.9. The lowest BCUT2D eigenvalue weighted by molar-refractivity contribution is 0.296. The van der Waals surface area contributed by atoms with Crippen molar-refractivity contribution < 1.29 is 4.74 Å². The summed E-state index contributed by atoms with van der Waals surface area (Å²) in [6.07, 6.45) is 1.57. The summed E-state index contributed by atoms with van der Waals surface area (Å²) in [6, 6.07) is 9.45. The van der Waals surface area contributed by atoms with Gasteiger partial charge in [0.05, 0.1) is 18.4 Å². The fourth-order valence-electron chi connectivity index (χ4n) is 1.83. The Morgan fingerprint density at radius 1 is 1.25 bits per heavy atom. The quantitative estimate of drug-likeness (QED) is 0.725. The first-order chi connectivity index (χ1) is 9.74. The molecule has 0 amide bonds. The van der Waals surface area contributed by atoms with Gasteiger partial charge in [-0.1, -0.05) is 15.9 Å². The van der Waals surface area contributed by atoms with Crippen LogP contribution in [0.5, 0.6) is 5.75 Å². The lowest BCUT2D eigenvalue weighted by atomic mass is 10.3. The minimum Gasteiger partial charge on any atom is -0.492 e. The van der Waals surface area contributed by atoms with Crippen molar-refractivity contribution in [3.8, 4) is 5.75 Å². The van der Waals surface area contributed by atoms with Gasteiger partial charge >= 0.3 is 0 Å². The van der Waals surface area contributed by atoms with Gasteiger partial charge < -0.3 is 4.74 Å². The molecule has 0 unspecified atom stereocenters. The van der Waals surface area contributed by atoms with E-state index in [0.29, 0.717) is 17.9 Å². The van der Waals surface area contributed by atoms with Gasteiger partial charge in [-0.3, -0.25) is 9.36 Å². The van der Waals surface area contributed by atoms with Crippen LogP contribution >= 0.6 is 27.3 Å². The van der Waals surface area contributed by atoms with Gasteiger partial charge in [-0.05, 0) is 35.7 Å². The van der Waals surface area contributed by atoms with Crippen LogP contribution in [0.4, 0.5) is 0 Å². The molecule has 102 valence electrons. The fourth-order valence-corrected chi connectivity index (χ4v) is 2.89. The Bertz CT molecular complexity index is 780. The van der Waals surface area contributed by atoms with Crippen LogP contribution in [0, 0.1) is 0 Å². The molecule has 20 heavy (non-hydrogen) atoms. The van der Waals surface area contributed by atoms with Crippen LogP contribution in [0.1, 0.15) is 0 Å². The third kappa shape index (κ3) is 2.76. The monoisotopic (exact) mass is 350 g/mol. The first-order valence-electron chi connectivity index (χ1n) is 6.05. The number of hydrogen-bond donors (Lipinski definition) is 0. The molecule has 0 saturated heterocycles. The minimum absolute atomic E-state index is 0.00981. The van der Waals surface area contributed by atoms with Crippen LogP contribution in [-0.4, -0.2) is 16.2 Å². The smallest absolute Gasteiger partial charge is 0.271 e. The molecule has 0 fully saturated rings. The molecule has 0 saturated carbocycles. The topological polar surface area (TPSA) is 44.1 Å². The fraction of sp³-hybridized carbons (Fsp3) is 0.143. The number of nitrogens with zero attached hydrogens (tertiary/aromatic N) is 2. The Hall–Kier alpha value is -1.66. The van der Waals surface area contributed by atoms with E-state index in [1.165, 1.54) is 11.3 Å². The second kappa shape index (κ2) is 5.76. The molecule has 0 atom stereocenters. The van der Waals surface area contributed by atoms with Crippen molar-refractivity contribution in [2.75, 3.05) is 6.61 Å². The van der Waals surface area contributed by atoms with Crippen molar-refractivity contribution in [2.24, 2.45) is 0 Å². The van der Waals surface area contributed by atoms with Gasteiger partial charge in [-0.25, -0.2) is 4.98 Å². The molecule has 4 nitrogen and oxygen atoms in total. The summed E-state index contributed by atoms with van der Waals surface area (Å²) in [6.45, 7) is 0.913. The number of hydrogen-bond acceptors (Lipinski definition) is 4. The van der Waals surface area contributed by atoms with E-state index in [1.54, 1.807) is 10.9 Å². The molecule has 6 heteroatoms. The third-order valence-corrected chi connectivity index (χ3v) is 4.27. The molecule has 0 aliphatic carbocycles. The van der Waals surface area contributed by atoms with Gasteiger partial charge in [0, 0.05) is 4.47 Å². The van der Waals surface area contributed by atoms with Gasteiger partial charge in [0.15, 0.2) is 0 Å². The van der Waals surface area contributed by atoms with E-state index in [2.05, 4.69) is 20.9 Å². The van der Waals surface area contributed by atoms with E-state index >= 15 is 0 Å². The molecule has 3 rings (SSSR count). The number of benzene rings is 1. The maximum Gasteiger partial charge on any atom is 0.271 e. The molecule has 0 aliphatic rings. The highest BCUT2D eigenvalue weighted by Gasteiger charge is 2.05. The predicted octanol–water partition coefficient (Wildman–Crippen LogP) is 3.30. The molecule has 3 aromatic rings. The minimum atomic E-state index is -0.00981. The summed E-state index contributed by atoms with van der Waals surface area (Å²) in [5, 5.41) is 1.88. The SMILES string of the molecule is O=c1c2sccc2ncn1CCOc1ccc(Br)cc1. The molecule has 0 spiro atoms. The number of fused-ring (bicyclic) bond motifs is 1. The summed E-state index contributed by atoms with van der Waals surface area (Å²) >= 11 is 4.79. The van der Waals surface area contributed by atoms with Crippen LogP contribution in [0.25, 0.3) is 10.2 Å². The van der Waals surface area contributed by atoms with Gasteiger partial charge in [-0.15, -0.1) is 11.3 Å². The van der Waals surface area contributed by atoms with Crippen molar-refractivity contribution in [3.05, 3.63) is 56.9 Å². The molecule has 0 N–H and O–H groups in total. The van der Waals surface area contributed by atoms with Crippen molar-refractivity contribution in [1.29, 1.82) is 0 Å². The molecule has 0 radical (unpaired) electrons. The van der Waals surface area contributed by atoms with Crippen LogP contribution in [0.3, 0.4) is 0 Å². The number of aromatic nitrogens is 2. The van der Waals surface area contributed by atoms with E-state index < -0.39 is 0 Å². The van der Waals surface area contributed by atoms with Gasteiger partial charge in [0.25, 0.3) is 5.56 Å². The summed E-state index contributed by atoms with van der Waals surface area (Å²) < 4.78 is 8.89. The van der Waals surface area contributed by atoms with E-state index in [4.69, 9.17) is 4.74 Å². The summed E-state index contributed by atoms with van der Waals surface area (Å²) in [7, 11) is 0. The number of rotatable bonds is 4. The highest BCUT2D eigenvalue weighted by Crippen LogP contribution is 2.16. The maximum absolute atomic E-state index is 12.1. The first kappa shape index (κ1) is 13.3. The van der Waals surface area contributed by atoms with Crippen molar-refractivity contribution in [1.82, 2.24) is 9.55 Å². The van der Waals surface area contributed by atoms with Crippen molar-refractivity contribution in [3.63, 3.8) is 0 Å². The van der Waals surface area contributed by atoms with Crippen LogP contribution in [0.15, 0.2) is 51.3 Å². The largest absolute Gasteiger partial charge is 0.492 e. The molecular weight excluding hydrogens is 340 g/mol. The average Bonchev–Trinajstić information content (AvgIpc) is 2.93. The van der Waals surface area contributed by atoms with Crippen LogP contribution in [-0.2, 0) is 6.54 Å². The Balaban J connectivity index is 1.69. The van der Waals surface area contributed by atoms with E-state index in [0.717, 1.165) is 15.7 Å². The predicted molar refractivity (Wildman–Crippen MR) is 83.5 cm³/mol. The molecule has 2 heterocycles. The number of halogens is 1. The Morgan fingerprint density at radius 3 is 2.85 bits per heavy atom. The van der Waals surface area contributed by atoms with E-state index in [9.17, 15) is 4.79 Å². The lowest BCUT2D eigenvalue weighted by Gasteiger charge is -2.08. The zero-order chi connectivity index (χ0) is 13.9. The maximum atomic E-state index is 12.1. The third-order valence-electron chi connectivity index (χ3n) is 2.85. The molecule has 2 aromatic heterocycles. The average molecular weight is 351 g/mol. The Labute approximate surface area is 127 Å². The van der Waals surface area contributed by atoms with Gasteiger partial charge in [0.2, 0.25) is 0 Å². The standard InChI is InChI=1S/C14H11BrN2O2S/c15-10-1-3-11(4-2-10)19-7-6-17-9-16-12-5-8-20-13(12)14(17)18/h1-5,8-9H,6-7H2. The number of ether oxygens (including phenoxy) is 1. The van der Waals surface area contributed by atoms with E-state index in [1.807, 2.05) is 35.7 Å².